The molecule has 1 nitrogen and oxygen atoms in total. The molecule has 1 heteroatoms. The van der Waals surface area contributed by atoms with Gasteiger partial charge in [0.15, 0.2) is 0 Å². The summed E-state index contributed by atoms with van der Waals surface area (Å²) in [6.07, 6.45) is 2.22. The third kappa shape index (κ3) is 1.58. The maximum atomic E-state index is 3.79. The molecule has 0 bridgehead atoms. The Morgan fingerprint density at radius 1 is 1.25 bits per heavy atom. The smallest absolute Gasteiger partial charge is 0.0871 e. The predicted molar refractivity (Wildman–Crippen MR) is 69.2 cm³/mol. The van der Waals surface area contributed by atoms with E-state index in [0.717, 1.165) is 25.1 Å². The highest BCUT2D eigenvalue weighted by atomic mass is 15.1. The summed E-state index contributed by atoms with van der Waals surface area (Å²) in [7, 11) is 2.10. The standard InChI is InChI=1S/C15H19N/c1-5-11-8-13-10-16(4)15(7-3)14(13)9-12(11)6-2/h8-9H,3,5-6,10H2,1-2,4H3. The first-order valence-electron chi connectivity index (χ1n) is 5.97. The molecule has 0 N–H and O–H groups in total. The van der Waals surface area contributed by atoms with Crippen molar-refractivity contribution in [2.75, 3.05) is 7.05 Å². The SMILES string of the molecule is C=C=C1c2cc(CC)c(CC)cc2CN1C. The Morgan fingerprint density at radius 3 is 2.44 bits per heavy atom. The van der Waals surface area contributed by atoms with Gasteiger partial charge in [0.1, 0.15) is 0 Å². The van der Waals surface area contributed by atoms with E-state index in [9.17, 15) is 0 Å². The van der Waals surface area contributed by atoms with Crippen LogP contribution >= 0.6 is 0 Å². The third-order valence-corrected chi connectivity index (χ3v) is 3.40. The molecule has 0 aromatic heterocycles. The second kappa shape index (κ2) is 4.19. The maximum Gasteiger partial charge on any atom is 0.0871 e. The fourth-order valence-corrected chi connectivity index (χ4v) is 2.52. The van der Waals surface area contributed by atoms with Crippen LogP contribution in [0.2, 0.25) is 0 Å². The molecule has 2 rings (SSSR count). The molecule has 16 heavy (non-hydrogen) atoms. The Hall–Kier alpha value is -1.46. The van der Waals surface area contributed by atoms with Gasteiger partial charge >= 0.3 is 0 Å². The highest BCUT2D eigenvalue weighted by Crippen LogP contribution is 2.33. The van der Waals surface area contributed by atoms with Crippen LogP contribution in [-0.2, 0) is 19.4 Å². The van der Waals surface area contributed by atoms with E-state index >= 15 is 0 Å². The number of benzene rings is 1. The van der Waals surface area contributed by atoms with Crippen molar-refractivity contribution in [3.8, 4) is 0 Å². The van der Waals surface area contributed by atoms with Gasteiger partial charge in [0.05, 0.1) is 5.70 Å². The minimum absolute atomic E-state index is 0.990. The van der Waals surface area contributed by atoms with E-state index in [-0.39, 0.29) is 0 Å². The minimum atomic E-state index is 0.990. The molecule has 1 aliphatic heterocycles. The molecule has 84 valence electrons. The van der Waals surface area contributed by atoms with E-state index < -0.39 is 0 Å². The Balaban J connectivity index is 2.60. The van der Waals surface area contributed by atoms with Crippen molar-refractivity contribution in [1.29, 1.82) is 0 Å². The largest absolute Gasteiger partial charge is 0.363 e. The van der Waals surface area contributed by atoms with Crippen molar-refractivity contribution in [3.63, 3.8) is 0 Å². The van der Waals surface area contributed by atoms with Crippen molar-refractivity contribution in [1.82, 2.24) is 4.90 Å². The van der Waals surface area contributed by atoms with Crippen molar-refractivity contribution >= 4 is 5.70 Å². The number of rotatable bonds is 2. The van der Waals surface area contributed by atoms with Crippen molar-refractivity contribution in [2.45, 2.75) is 33.2 Å². The fourth-order valence-electron chi connectivity index (χ4n) is 2.52. The van der Waals surface area contributed by atoms with E-state index in [1.807, 2.05) is 0 Å². The van der Waals surface area contributed by atoms with Crippen molar-refractivity contribution in [3.05, 3.63) is 46.7 Å². The van der Waals surface area contributed by atoms with Crippen LogP contribution in [0.5, 0.6) is 0 Å². The summed E-state index contributed by atoms with van der Waals surface area (Å²) >= 11 is 0. The molecule has 0 saturated carbocycles. The number of fused-ring (bicyclic) bond motifs is 1. The van der Waals surface area contributed by atoms with Crippen molar-refractivity contribution in [2.24, 2.45) is 0 Å². The molecule has 0 radical (unpaired) electrons. The molecule has 1 heterocycles. The van der Waals surface area contributed by atoms with Crippen LogP contribution in [0.25, 0.3) is 5.70 Å². The summed E-state index contributed by atoms with van der Waals surface area (Å²) in [5, 5.41) is 0. The third-order valence-electron chi connectivity index (χ3n) is 3.40. The highest BCUT2D eigenvalue weighted by molar-refractivity contribution is 5.71. The fraction of sp³-hybridized carbons (Fsp3) is 0.400. The molecule has 0 aliphatic carbocycles. The van der Waals surface area contributed by atoms with E-state index in [1.54, 1.807) is 0 Å². The molecular weight excluding hydrogens is 194 g/mol. The number of hydrogen-bond acceptors (Lipinski definition) is 1. The van der Waals surface area contributed by atoms with Gasteiger partial charge in [0.2, 0.25) is 0 Å². The quantitative estimate of drug-likeness (QED) is 0.681. The molecular formula is C15H19N. The maximum absolute atomic E-state index is 3.79. The van der Waals surface area contributed by atoms with Gasteiger partial charge < -0.3 is 4.90 Å². The average molecular weight is 213 g/mol. The van der Waals surface area contributed by atoms with Crippen molar-refractivity contribution < 1.29 is 0 Å². The molecule has 1 aliphatic rings. The highest BCUT2D eigenvalue weighted by Gasteiger charge is 2.21. The van der Waals surface area contributed by atoms with Crippen LogP contribution in [0, 0.1) is 0 Å². The van der Waals surface area contributed by atoms with Gasteiger partial charge in [-0.05, 0) is 35.6 Å². The number of hydrogen-bond donors (Lipinski definition) is 0. The van der Waals surface area contributed by atoms with Gasteiger partial charge in [-0.25, -0.2) is 0 Å². The second-order valence-corrected chi connectivity index (χ2v) is 4.37. The molecule has 1 aromatic rings. The Labute approximate surface area is 98.1 Å². The van der Waals surface area contributed by atoms with Gasteiger partial charge in [-0.3, -0.25) is 0 Å². The predicted octanol–water partition coefficient (Wildman–Crippen LogP) is 3.38. The molecule has 1 aromatic carbocycles. The van der Waals surface area contributed by atoms with Crippen LogP contribution in [0.15, 0.2) is 24.4 Å². The van der Waals surface area contributed by atoms with Crippen LogP contribution in [-0.4, -0.2) is 11.9 Å². The summed E-state index contributed by atoms with van der Waals surface area (Å²) in [4.78, 5) is 2.22. The average Bonchev–Trinajstić information content (AvgIpc) is 2.61. The Kier molecular flexibility index (Phi) is 2.89. The van der Waals surface area contributed by atoms with Crippen LogP contribution in [0.1, 0.15) is 36.1 Å². The van der Waals surface area contributed by atoms with Gasteiger partial charge in [-0.2, -0.15) is 0 Å². The van der Waals surface area contributed by atoms with E-state index in [0.29, 0.717) is 0 Å². The number of aryl methyl sites for hydroxylation is 2. The summed E-state index contributed by atoms with van der Waals surface area (Å²) in [5.74, 6) is 0. The van der Waals surface area contributed by atoms with E-state index in [4.69, 9.17) is 0 Å². The molecule has 0 fully saturated rings. The van der Waals surface area contributed by atoms with Crippen LogP contribution in [0.3, 0.4) is 0 Å². The topological polar surface area (TPSA) is 3.24 Å². The van der Waals surface area contributed by atoms with Gasteiger partial charge in [-0.15, -0.1) is 5.73 Å². The van der Waals surface area contributed by atoms with E-state index in [1.165, 1.54) is 22.3 Å². The minimum Gasteiger partial charge on any atom is -0.363 e. The Bertz CT molecular complexity index is 465. The first-order valence-corrected chi connectivity index (χ1v) is 5.97. The van der Waals surface area contributed by atoms with Crippen LogP contribution < -0.4 is 0 Å². The summed E-state index contributed by atoms with van der Waals surface area (Å²) in [6.45, 7) is 9.22. The zero-order chi connectivity index (χ0) is 11.7. The first kappa shape index (κ1) is 11.0. The zero-order valence-electron chi connectivity index (χ0n) is 10.4. The Morgan fingerprint density at radius 2 is 1.88 bits per heavy atom. The lowest BCUT2D eigenvalue weighted by Crippen LogP contribution is -2.06. The van der Waals surface area contributed by atoms with Gasteiger partial charge in [0.25, 0.3) is 0 Å². The molecule has 0 atom stereocenters. The summed E-state index contributed by atoms with van der Waals surface area (Å²) in [5.41, 5.74) is 9.89. The second-order valence-electron chi connectivity index (χ2n) is 4.37. The van der Waals surface area contributed by atoms with Gasteiger partial charge in [-0.1, -0.05) is 26.5 Å². The molecule has 0 unspecified atom stereocenters. The lowest BCUT2D eigenvalue weighted by Gasteiger charge is -2.10. The number of nitrogens with zero attached hydrogens (tertiary/aromatic N) is 1. The first-order chi connectivity index (χ1) is 7.71. The molecule has 0 spiro atoms. The van der Waals surface area contributed by atoms with Gasteiger partial charge in [0, 0.05) is 19.2 Å². The van der Waals surface area contributed by atoms with E-state index in [2.05, 4.69) is 50.2 Å². The molecule has 0 amide bonds. The molecule has 0 saturated heterocycles. The monoisotopic (exact) mass is 213 g/mol. The zero-order valence-corrected chi connectivity index (χ0v) is 10.4. The summed E-state index contributed by atoms with van der Waals surface area (Å²) < 4.78 is 0. The summed E-state index contributed by atoms with van der Waals surface area (Å²) in [6, 6.07) is 4.68. The lowest BCUT2D eigenvalue weighted by atomic mass is 9.96. The van der Waals surface area contributed by atoms with Crippen LogP contribution in [0.4, 0.5) is 0 Å². The normalized spacial score (nSPS) is 13.9. The lowest BCUT2D eigenvalue weighted by molar-refractivity contribution is 0.501.